The number of ether oxygens (including phenoxy) is 2. The SMILES string of the molecule is C\C=C(/C=C\C(=C(/C)CC)C(F)(F)F)NC(=O)c1cc(Cl)cc(COCCOC)c1O. The molecule has 0 radical (unpaired) electrons. The van der Waals surface area contributed by atoms with Crippen LogP contribution in [0.1, 0.15) is 43.1 Å². The first-order valence-corrected chi connectivity index (χ1v) is 9.93. The highest BCUT2D eigenvalue weighted by Gasteiger charge is 2.33. The largest absolute Gasteiger partial charge is 0.507 e. The second-order valence-corrected chi connectivity index (χ2v) is 7.02. The van der Waals surface area contributed by atoms with Crippen LogP contribution in [-0.2, 0) is 16.1 Å². The number of aromatic hydroxyl groups is 1. The van der Waals surface area contributed by atoms with E-state index in [0.29, 0.717) is 12.2 Å². The molecule has 0 atom stereocenters. The first-order chi connectivity index (χ1) is 14.5. The van der Waals surface area contributed by atoms with Gasteiger partial charge in [0.1, 0.15) is 5.75 Å². The number of benzene rings is 1. The van der Waals surface area contributed by atoms with Gasteiger partial charge in [0, 0.05) is 23.4 Å². The molecular weight excluding hydrogens is 435 g/mol. The van der Waals surface area contributed by atoms with Crippen molar-refractivity contribution in [1.82, 2.24) is 5.32 Å². The van der Waals surface area contributed by atoms with Gasteiger partial charge >= 0.3 is 6.18 Å². The highest BCUT2D eigenvalue weighted by atomic mass is 35.5. The molecule has 0 aliphatic carbocycles. The Labute approximate surface area is 185 Å². The van der Waals surface area contributed by atoms with E-state index >= 15 is 0 Å². The van der Waals surface area contributed by atoms with Crippen molar-refractivity contribution in [2.24, 2.45) is 0 Å². The lowest BCUT2D eigenvalue weighted by Crippen LogP contribution is -2.22. The highest BCUT2D eigenvalue weighted by molar-refractivity contribution is 6.31. The van der Waals surface area contributed by atoms with E-state index in [2.05, 4.69) is 5.32 Å². The number of amides is 1. The minimum atomic E-state index is -4.51. The predicted octanol–water partition coefficient (Wildman–Crippen LogP) is 5.69. The highest BCUT2D eigenvalue weighted by Crippen LogP contribution is 2.31. The summed E-state index contributed by atoms with van der Waals surface area (Å²) in [5, 5.41) is 13.1. The molecular formula is C22H27ClF3NO4. The maximum atomic E-state index is 13.2. The van der Waals surface area contributed by atoms with E-state index in [9.17, 15) is 23.1 Å². The molecule has 31 heavy (non-hydrogen) atoms. The monoisotopic (exact) mass is 461 g/mol. The molecule has 0 unspecified atom stereocenters. The molecule has 0 aliphatic heterocycles. The van der Waals surface area contributed by atoms with Crippen molar-refractivity contribution in [2.45, 2.75) is 40.0 Å². The Morgan fingerprint density at radius 1 is 1.26 bits per heavy atom. The Hall–Kier alpha value is -2.29. The first-order valence-electron chi connectivity index (χ1n) is 9.55. The number of phenols is 1. The van der Waals surface area contributed by atoms with Crippen LogP contribution in [0.3, 0.4) is 0 Å². The number of allylic oxidation sites excluding steroid dienone is 5. The molecule has 0 aromatic heterocycles. The van der Waals surface area contributed by atoms with E-state index in [1.54, 1.807) is 13.8 Å². The Kier molecular flexibility index (Phi) is 10.8. The normalized spacial score (nSPS) is 13.5. The van der Waals surface area contributed by atoms with Gasteiger partial charge < -0.3 is 19.9 Å². The van der Waals surface area contributed by atoms with Gasteiger partial charge in [0.25, 0.3) is 5.91 Å². The molecule has 1 rings (SSSR count). The third-order valence-electron chi connectivity index (χ3n) is 4.38. The van der Waals surface area contributed by atoms with Gasteiger partial charge in [0.2, 0.25) is 0 Å². The van der Waals surface area contributed by atoms with Crippen LogP contribution >= 0.6 is 11.6 Å². The number of nitrogens with one attached hydrogen (secondary N) is 1. The van der Waals surface area contributed by atoms with Gasteiger partial charge in [-0.05, 0) is 44.6 Å². The fraction of sp³-hybridized carbons (Fsp3) is 0.409. The third kappa shape index (κ3) is 8.40. The molecule has 5 nitrogen and oxygen atoms in total. The van der Waals surface area contributed by atoms with E-state index in [-0.39, 0.29) is 47.2 Å². The second kappa shape index (κ2) is 12.5. The van der Waals surface area contributed by atoms with Crippen LogP contribution in [0, 0.1) is 0 Å². The van der Waals surface area contributed by atoms with Crippen molar-refractivity contribution < 1.29 is 32.5 Å². The molecule has 0 fully saturated rings. The summed E-state index contributed by atoms with van der Waals surface area (Å²) >= 11 is 6.05. The van der Waals surface area contributed by atoms with Crippen LogP contribution in [0.4, 0.5) is 13.2 Å². The number of methoxy groups -OCH3 is 1. The number of hydrogen-bond acceptors (Lipinski definition) is 4. The zero-order valence-electron chi connectivity index (χ0n) is 17.9. The lowest BCUT2D eigenvalue weighted by Gasteiger charge is -2.13. The van der Waals surface area contributed by atoms with Gasteiger partial charge in [0.15, 0.2) is 0 Å². The van der Waals surface area contributed by atoms with Gasteiger partial charge in [-0.1, -0.05) is 30.2 Å². The van der Waals surface area contributed by atoms with Crippen LogP contribution in [0.5, 0.6) is 5.75 Å². The van der Waals surface area contributed by atoms with Crippen molar-refractivity contribution in [3.63, 3.8) is 0 Å². The summed E-state index contributed by atoms with van der Waals surface area (Å²) < 4.78 is 50.0. The van der Waals surface area contributed by atoms with E-state index in [1.807, 2.05) is 0 Å². The summed E-state index contributed by atoms with van der Waals surface area (Å²) in [6, 6.07) is 2.73. The smallest absolute Gasteiger partial charge is 0.416 e. The van der Waals surface area contributed by atoms with Crippen molar-refractivity contribution in [1.29, 1.82) is 0 Å². The fourth-order valence-corrected chi connectivity index (χ4v) is 2.75. The second-order valence-electron chi connectivity index (χ2n) is 6.58. The predicted molar refractivity (Wildman–Crippen MR) is 114 cm³/mol. The standard InChI is InChI=1S/C22H27ClF3NO4/c1-5-14(3)19(22(24,25)26)8-7-17(6-2)27-21(29)18-12-16(23)11-15(20(18)28)13-31-10-9-30-4/h6-8,11-12,28H,5,9-10,13H2,1-4H3,(H,27,29)/b8-7-,17-6+,19-14-. The van der Waals surface area contributed by atoms with Crippen molar-refractivity contribution in [3.05, 3.63) is 63.4 Å². The summed E-state index contributed by atoms with van der Waals surface area (Å²) in [5.74, 6) is -1.04. The molecule has 1 amide bonds. The fourth-order valence-electron chi connectivity index (χ4n) is 2.51. The van der Waals surface area contributed by atoms with Crippen LogP contribution < -0.4 is 5.32 Å². The van der Waals surface area contributed by atoms with Gasteiger partial charge in [0.05, 0.1) is 31.0 Å². The molecule has 0 aliphatic rings. The molecule has 0 saturated heterocycles. The van der Waals surface area contributed by atoms with Crippen molar-refractivity contribution >= 4 is 17.5 Å². The summed E-state index contributed by atoms with van der Waals surface area (Å²) in [7, 11) is 1.52. The minimum Gasteiger partial charge on any atom is -0.507 e. The molecule has 172 valence electrons. The molecule has 0 saturated carbocycles. The average molecular weight is 462 g/mol. The van der Waals surface area contributed by atoms with E-state index in [4.69, 9.17) is 21.1 Å². The van der Waals surface area contributed by atoms with Gasteiger partial charge in [-0.15, -0.1) is 0 Å². The number of hydrogen-bond donors (Lipinski definition) is 2. The summed E-state index contributed by atoms with van der Waals surface area (Å²) in [6.45, 7) is 5.24. The minimum absolute atomic E-state index is 0.00242. The zero-order chi connectivity index (χ0) is 23.6. The van der Waals surface area contributed by atoms with E-state index in [1.165, 1.54) is 32.2 Å². The number of rotatable bonds is 10. The van der Waals surface area contributed by atoms with Crippen LogP contribution in [0.2, 0.25) is 5.02 Å². The zero-order valence-corrected chi connectivity index (χ0v) is 18.7. The summed E-state index contributed by atoms with van der Waals surface area (Å²) in [5.41, 5.74) is -0.289. The van der Waals surface area contributed by atoms with E-state index < -0.39 is 17.7 Å². The first kappa shape index (κ1) is 26.7. The number of alkyl halides is 3. The molecule has 0 heterocycles. The number of carbonyl (C=O) groups excluding carboxylic acids is 1. The Bertz CT molecular complexity index is 861. The van der Waals surface area contributed by atoms with E-state index in [0.717, 1.165) is 12.2 Å². The molecule has 9 heteroatoms. The Balaban J connectivity index is 3.07. The average Bonchev–Trinajstić information content (AvgIpc) is 2.71. The number of carbonyl (C=O) groups is 1. The Morgan fingerprint density at radius 3 is 2.48 bits per heavy atom. The van der Waals surface area contributed by atoms with Gasteiger partial charge in [-0.2, -0.15) is 13.2 Å². The van der Waals surface area contributed by atoms with Crippen LogP contribution in [-0.4, -0.2) is 37.5 Å². The van der Waals surface area contributed by atoms with Gasteiger partial charge in [-0.3, -0.25) is 4.79 Å². The lowest BCUT2D eigenvalue weighted by atomic mass is 10.1. The van der Waals surface area contributed by atoms with Gasteiger partial charge in [-0.25, -0.2) is 0 Å². The summed E-state index contributed by atoms with van der Waals surface area (Å²) in [4.78, 5) is 12.6. The molecule has 0 bridgehead atoms. The quantitative estimate of drug-likeness (QED) is 0.347. The third-order valence-corrected chi connectivity index (χ3v) is 4.60. The summed E-state index contributed by atoms with van der Waals surface area (Å²) in [6.07, 6.45) is -0.748. The topological polar surface area (TPSA) is 67.8 Å². The lowest BCUT2D eigenvalue weighted by molar-refractivity contribution is -0.0890. The molecule has 2 N–H and O–H groups in total. The maximum absolute atomic E-state index is 13.2. The maximum Gasteiger partial charge on any atom is 0.416 e. The molecule has 1 aromatic rings. The van der Waals surface area contributed by atoms with Crippen LogP contribution in [0.25, 0.3) is 0 Å². The van der Waals surface area contributed by atoms with Crippen molar-refractivity contribution in [3.8, 4) is 5.75 Å². The van der Waals surface area contributed by atoms with Crippen LogP contribution in [0.15, 0.2) is 47.2 Å². The number of phenolic OH excluding ortho intramolecular Hbond substituents is 1. The molecule has 0 spiro atoms. The van der Waals surface area contributed by atoms with Crippen molar-refractivity contribution in [2.75, 3.05) is 20.3 Å². The molecule has 1 aromatic carbocycles. The number of halogens is 4. The Morgan fingerprint density at radius 2 is 1.94 bits per heavy atom.